The van der Waals surface area contributed by atoms with E-state index in [0.717, 1.165) is 31.1 Å². The summed E-state index contributed by atoms with van der Waals surface area (Å²) in [7, 11) is 0. The van der Waals surface area contributed by atoms with Crippen molar-refractivity contribution < 1.29 is 5.21 Å². The molecule has 1 aliphatic heterocycles. The van der Waals surface area contributed by atoms with Gasteiger partial charge in [-0.2, -0.15) is 11.8 Å². The van der Waals surface area contributed by atoms with Crippen LogP contribution >= 0.6 is 11.8 Å². The van der Waals surface area contributed by atoms with Crippen LogP contribution in [-0.2, 0) is 0 Å². The average Bonchev–Trinajstić information content (AvgIpc) is 2.66. The van der Waals surface area contributed by atoms with Crippen molar-refractivity contribution in [2.75, 3.05) is 29.5 Å². The van der Waals surface area contributed by atoms with E-state index in [2.05, 4.69) is 15.0 Å². The van der Waals surface area contributed by atoms with Crippen LogP contribution in [0.3, 0.4) is 0 Å². The van der Waals surface area contributed by atoms with Gasteiger partial charge in [0.1, 0.15) is 5.82 Å². The van der Waals surface area contributed by atoms with Gasteiger partial charge in [-0.15, -0.1) is 0 Å². The summed E-state index contributed by atoms with van der Waals surface area (Å²) < 4.78 is 0. The van der Waals surface area contributed by atoms with Crippen LogP contribution in [0.15, 0.2) is 23.5 Å². The van der Waals surface area contributed by atoms with Gasteiger partial charge in [0.05, 0.1) is 5.56 Å². The summed E-state index contributed by atoms with van der Waals surface area (Å²) in [5.41, 5.74) is 6.37. The lowest BCUT2D eigenvalue weighted by Gasteiger charge is -2.23. The lowest BCUT2D eigenvalue weighted by molar-refractivity contribution is 0.318. The Morgan fingerprint density at radius 2 is 2.35 bits per heavy atom. The van der Waals surface area contributed by atoms with Crippen molar-refractivity contribution in [3.8, 4) is 0 Å². The highest BCUT2D eigenvalue weighted by molar-refractivity contribution is 7.99. The smallest absolute Gasteiger partial charge is 0.173 e. The Hall–Kier alpha value is -1.43. The third-order valence-corrected chi connectivity index (χ3v) is 3.74. The minimum absolute atomic E-state index is 0.116. The number of hydrogen-bond donors (Lipinski definition) is 2. The molecule has 0 amide bonds. The van der Waals surface area contributed by atoms with Gasteiger partial charge < -0.3 is 15.8 Å². The molecule has 1 fully saturated rings. The molecule has 0 bridgehead atoms. The van der Waals surface area contributed by atoms with Crippen molar-refractivity contribution in [1.82, 2.24) is 4.98 Å². The average molecular weight is 252 g/mol. The second-order valence-corrected chi connectivity index (χ2v) is 5.04. The highest BCUT2D eigenvalue weighted by Gasteiger charge is 2.16. The van der Waals surface area contributed by atoms with Crippen molar-refractivity contribution in [2.45, 2.75) is 6.42 Å². The number of aromatic nitrogens is 1. The molecule has 1 aliphatic rings. The Kier molecular flexibility index (Phi) is 4.08. The molecule has 6 heteroatoms. The molecule has 92 valence electrons. The van der Waals surface area contributed by atoms with E-state index in [1.165, 1.54) is 5.75 Å². The predicted octanol–water partition coefficient (Wildman–Crippen LogP) is 1.12. The second kappa shape index (κ2) is 5.77. The number of rotatable bonds is 2. The van der Waals surface area contributed by atoms with E-state index in [-0.39, 0.29) is 5.84 Å². The van der Waals surface area contributed by atoms with E-state index in [1.807, 2.05) is 17.8 Å². The fraction of sp³-hybridized carbons (Fsp3) is 0.455. The molecule has 0 saturated carbocycles. The molecule has 0 spiro atoms. The molecular formula is C11H16N4OS. The third kappa shape index (κ3) is 2.82. The summed E-state index contributed by atoms with van der Waals surface area (Å²) in [6.07, 6.45) is 2.87. The Labute approximate surface area is 105 Å². The summed E-state index contributed by atoms with van der Waals surface area (Å²) in [6.45, 7) is 1.92. The van der Waals surface area contributed by atoms with Crippen molar-refractivity contribution in [3.05, 3.63) is 23.9 Å². The fourth-order valence-corrected chi connectivity index (χ4v) is 2.75. The number of anilines is 1. The van der Waals surface area contributed by atoms with Crippen molar-refractivity contribution in [2.24, 2.45) is 10.9 Å². The molecule has 5 nitrogen and oxygen atoms in total. The van der Waals surface area contributed by atoms with Crippen LogP contribution in [0.4, 0.5) is 5.82 Å². The minimum atomic E-state index is 0.116. The van der Waals surface area contributed by atoms with Crippen LogP contribution in [0.5, 0.6) is 0 Å². The van der Waals surface area contributed by atoms with Gasteiger partial charge >= 0.3 is 0 Å². The van der Waals surface area contributed by atoms with Crippen LogP contribution in [-0.4, -0.2) is 40.6 Å². The second-order valence-electron chi connectivity index (χ2n) is 3.81. The van der Waals surface area contributed by atoms with Crippen LogP contribution < -0.4 is 10.6 Å². The van der Waals surface area contributed by atoms with Gasteiger partial charge in [0.2, 0.25) is 0 Å². The maximum absolute atomic E-state index is 8.78. The Morgan fingerprint density at radius 3 is 3.18 bits per heavy atom. The maximum Gasteiger partial charge on any atom is 0.173 e. The number of hydrogen-bond acceptors (Lipinski definition) is 5. The minimum Gasteiger partial charge on any atom is -0.409 e. The number of oxime groups is 1. The summed E-state index contributed by atoms with van der Waals surface area (Å²) >= 11 is 1.95. The number of pyridine rings is 1. The Morgan fingerprint density at radius 1 is 1.47 bits per heavy atom. The zero-order chi connectivity index (χ0) is 12.1. The maximum atomic E-state index is 8.78. The normalized spacial score (nSPS) is 17.9. The van der Waals surface area contributed by atoms with Gasteiger partial charge in [-0.3, -0.25) is 0 Å². The zero-order valence-electron chi connectivity index (χ0n) is 9.54. The standard InChI is InChI=1S/C11H16N4OS/c12-10(14-16)9-3-1-4-13-11(9)15-5-2-7-17-8-6-15/h1,3-4,16H,2,5-8H2,(H2,12,14). The van der Waals surface area contributed by atoms with E-state index in [1.54, 1.807) is 12.3 Å². The molecule has 0 unspecified atom stereocenters. The van der Waals surface area contributed by atoms with Crippen LogP contribution in [0.2, 0.25) is 0 Å². The van der Waals surface area contributed by atoms with Crippen LogP contribution in [0.1, 0.15) is 12.0 Å². The van der Waals surface area contributed by atoms with Gasteiger partial charge in [0, 0.05) is 25.0 Å². The summed E-state index contributed by atoms with van der Waals surface area (Å²) in [6, 6.07) is 3.62. The molecule has 3 N–H and O–H groups in total. The highest BCUT2D eigenvalue weighted by Crippen LogP contribution is 2.20. The largest absolute Gasteiger partial charge is 0.409 e. The van der Waals surface area contributed by atoms with Crippen molar-refractivity contribution >= 4 is 23.4 Å². The van der Waals surface area contributed by atoms with Crippen LogP contribution in [0.25, 0.3) is 0 Å². The number of nitrogens with two attached hydrogens (primary N) is 1. The highest BCUT2D eigenvalue weighted by atomic mass is 32.2. The summed E-state index contributed by atoms with van der Waals surface area (Å²) in [5.74, 6) is 3.20. The van der Waals surface area contributed by atoms with E-state index in [0.29, 0.717) is 5.56 Å². The van der Waals surface area contributed by atoms with Gasteiger partial charge in [0.15, 0.2) is 5.84 Å². The SMILES string of the molecule is N/C(=N/O)c1cccnc1N1CCCSCC1. The predicted molar refractivity (Wildman–Crippen MR) is 70.9 cm³/mol. The number of amidine groups is 1. The Balaban J connectivity index is 2.30. The number of nitrogens with zero attached hydrogens (tertiary/aromatic N) is 3. The molecule has 0 radical (unpaired) electrons. The zero-order valence-corrected chi connectivity index (χ0v) is 10.4. The molecule has 17 heavy (non-hydrogen) atoms. The van der Waals surface area contributed by atoms with Gasteiger partial charge in [-0.05, 0) is 24.3 Å². The molecule has 2 rings (SSSR count). The molecule has 0 aliphatic carbocycles. The molecule has 2 heterocycles. The molecule has 0 atom stereocenters. The molecular weight excluding hydrogens is 236 g/mol. The quantitative estimate of drug-likeness (QED) is 0.357. The topological polar surface area (TPSA) is 74.7 Å². The Bertz CT molecular complexity index is 402. The van der Waals surface area contributed by atoms with Crippen molar-refractivity contribution in [1.29, 1.82) is 0 Å². The first-order valence-electron chi connectivity index (χ1n) is 5.58. The molecule has 1 aromatic rings. The monoisotopic (exact) mass is 252 g/mol. The lowest BCUT2D eigenvalue weighted by atomic mass is 10.2. The van der Waals surface area contributed by atoms with Crippen molar-refractivity contribution in [3.63, 3.8) is 0 Å². The molecule has 1 aromatic heterocycles. The first-order chi connectivity index (χ1) is 8.33. The van der Waals surface area contributed by atoms with E-state index >= 15 is 0 Å². The van der Waals surface area contributed by atoms with Gasteiger partial charge in [-0.25, -0.2) is 4.98 Å². The number of thioether (sulfide) groups is 1. The molecule has 1 saturated heterocycles. The van der Waals surface area contributed by atoms with E-state index in [9.17, 15) is 0 Å². The van der Waals surface area contributed by atoms with E-state index in [4.69, 9.17) is 10.9 Å². The fourth-order valence-electron chi connectivity index (χ4n) is 1.86. The van der Waals surface area contributed by atoms with Crippen LogP contribution in [0, 0.1) is 0 Å². The van der Waals surface area contributed by atoms with Gasteiger partial charge in [0.25, 0.3) is 0 Å². The van der Waals surface area contributed by atoms with Gasteiger partial charge in [-0.1, -0.05) is 5.16 Å². The van der Waals surface area contributed by atoms with E-state index < -0.39 is 0 Å². The third-order valence-electron chi connectivity index (χ3n) is 2.69. The lowest BCUT2D eigenvalue weighted by Crippen LogP contribution is -2.29. The first-order valence-corrected chi connectivity index (χ1v) is 6.74. The first kappa shape index (κ1) is 12.0. The molecule has 0 aromatic carbocycles. The summed E-state index contributed by atoms with van der Waals surface area (Å²) in [4.78, 5) is 6.56. The summed E-state index contributed by atoms with van der Waals surface area (Å²) in [5, 5.41) is 11.8.